The van der Waals surface area contributed by atoms with Gasteiger partial charge in [0, 0.05) is 10.6 Å². The first kappa shape index (κ1) is 14.9. The Morgan fingerprint density at radius 3 is 2.52 bits per heavy atom. The zero-order chi connectivity index (χ0) is 15.6. The quantitative estimate of drug-likeness (QED) is 0.759. The molecule has 0 aliphatic rings. The van der Waals surface area contributed by atoms with E-state index >= 15 is 0 Å². The van der Waals surface area contributed by atoms with Crippen LogP contribution in [0.15, 0.2) is 36.4 Å². The van der Waals surface area contributed by atoms with Crippen molar-refractivity contribution < 1.29 is 19.8 Å². The fourth-order valence-electron chi connectivity index (χ4n) is 1.88. The van der Waals surface area contributed by atoms with Crippen molar-refractivity contribution in [3.8, 4) is 5.75 Å². The molecular formula is C15H12ClNO4. The molecular weight excluding hydrogens is 294 g/mol. The third-order valence-electron chi connectivity index (χ3n) is 2.82. The van der Waals surface area contributed by atoms with Crippen molar-refractivity contribution in [3.63, 3.8) is 0 Å². The number of phenols is 1. The highest BCUT2D eigenvalue weighted by molar-refractivity contribution is 6.31. The van der Waals surface area contributed by atoms with Gasteiger partial charge in [-0.15, -0.1) is 0 Å². The summed E-state index contributed by atoms with van der Waals surface area (Å²) in [5, 5.41) is 21.7. The average Bonchev–Trinajstić information content (AvgIpc) is 2.39. The van der Waals surface area contributed by atoms with E-state index in [2.05, 4.69) is 5.32 Å². The second kappa shape index (κ2) is 5.85. The Bertz CT molecular complexity index is 707. The fraction of sp³-hybridized carbons (Fsp3) is 0.0667. The summed E-state index contributed by atoms with van der Waals surface area (Å²) in [5.74, 6) is -2.25. The van der Waals surface area contributed by atoms with Gasteiger partial charge in [-0.3, -0.25) is 4.79 Å². The first-order valence-corrected chi connectivity index (χ1v) is 6.40. The number of halogens is 1. The van der Waals surface area contributed by atoms with Crippen LogP contribution in [0.4, 0.5) is 5.69 Å². The number of aromatic hydroxyl groups is 1. The molecule has 2 rings (SSSR count). The Labute approximate surface area is 125 Å². The molecule has 0 aromatic heterocycles. The number of amides is 1. The molecule has 0 unspecified atom stereocenters. The first-order valence-electron chi connectivity index (χ1n) is 6.02. The molecule has 3 N–H and O–H groups in total. The third kappa shape index (κ3) is 3.32. The second-order valence-electron chi connectivity index (χ2n) is 4.48. The molecule has 0 aliphatic carbocycles. The molecule has 0 bridgehead atoms. The van der Waals surface area contributed by atoms with Crippen LogP contribution in [0.3, 0.4) is 0 Å². The number of hydrogen-bond acceptors (Lipinski definition) is 3. The van der Waals surface area contributed by atoms with E-state index in [1.807, 2.05) is 0 Å². The molecule has 108 valence electrons. The van der Waals surface area contributed by atoms with Gasteiger partial charge in [-0.2, -0.15) is 0 Å². The van der Waals surface area contributed by atoms with Crippen LogP contribution in [0.2, 0.25) is 5.02 Å². The van der Waals surface area contributed by atoms with E-state index in [1.165, 1.54) is 24.3 Å². The summed E-state index contributed by atoms with van der Waals surface area (Å²) in [6.45, 7) is 1.80. The zero-order valence-electron chi connectivity index (χ0n) is 11.1. The van der Waals surface area contributed by atoms with Crippen molar-refractivity contribution in [2.24, 2.45) is 0 Å². The molecule has 2 aromatic rings. The predicted molar refractivity (Wildman–Crippen MR) is 79.2 cm³/mol. The summed E-state index contributed by atoms with van der Waals surface area (Å²) in [5.41, 5.74) is 0.879. The molecule has 0 radical (unpaired) electrons. The van der Waals surface area contributed by atoms with Gasteiger partial charge in [0.2, 0.25) is 0 Å². The SMILES string of the molecule is Cc1cc(Cl)cc(C(=O)Nc2cccc(C(=O)O)c2O)c1. The zero-order valence-corrected chi connectivity index (χ0v) is 11.8. The summed E-state index contributed by atoms with van der Waals surface area (Å²) in [6, 6.07) is 8.93. The lowest BCUT2D eigenvalue weighted by Crippen LogP contribution is -2.13. The molecule has 6 heteroatoms. The highest BCUT2D eigenvalue weighted by Gasteiger charge is 2.15. The Hall–Kier alpha value is -2.53. The van der Waals surface area contributed by atoms with Crippen molar-refractivity contribution in [2.75, 3.05) is 5.32 Å². The minimum atomic E-state index is -1.28. The first-order chi connectivity index (χ1) is 9.88. The lowest BCUT2D eigenvalue weighted by Gasteiger charge is -2.09. The van der Waals surface area contributed by atoms with Gasteiger partial charge in [0.15, 0.2) is 5.75 Å². The van der Waals surface area contributed by atoms with Crippen molar-refractivity contribution in [2.45, 2.75) is 6.92 Å². The van der Waals surface area contributed by atoms with Gasteiger partial charge < -0.3 is 15.5 Å². The Morgan fingerprint density at radius 1 is 1.19 bits per heavy atom. The van der Waals surface area contributed by atoms with Crippen LogP contribution in [-0.4, -0.2) is 22.1 Å². The highest BCUT2D eigenvalue weighted by Crippen LogP contribution is 2.28. The average molecular weight is 306 g/mol. The number of anilines is 1. The molecule has 0 fully saturated rings. The minimum absolute atomic E-state index is 0.0255. The number of nitrogens with one attached hydrogen (secondary N) is 1. The number of carboxylic acids is 1. The predicted octanol–water partition coefficient (Wildman–Crippen LogP) is 3.30. The van der Waals surface area contributed by atoms with Crippen LogP contribution in [0.1, 0.15) is 26.3 Å². The lowest BCUT2D eigenvalue weighted by atomic mass is 10.1. The Kier molecular flexibility index (Phi) is 4.14. The van der Waals surface area contributed by atoms with E-state index in [1.54, 1.807) is 19.1 Å². The highest BCUT2D eigenvalue weighted by atomic mass is 35.5. The smallest absolute Gasteiger partial charge is 0.339 e. The normalized spacial score (nSPS) is 10.2. The molecule has 1 amide bonds. The van der Waals surface area contributed by atoms with Crippen LogP contribution < -0.4 is 5.32 Å². The summed E-state index contributed by atoms with van der Waals surface area (Å²) < 4.78 is 0. The van der Waals surface area contributed by atoms with Crippen LogP contribution >= 0.6 is 11.6 Å². The standard InChI is InChI=1S/C15H12ClNO4/c1-8-5-9(7-10(16)6-8)14(19)17-12-4-2-3-11(13(12)18)15(20)21/h2-7,18H,1H3,(H,17,19)(H,20,21). The van der Waals surface area contributed by atoms with Crippen LogP contribution in [-0.2, 0) is 0 Å². The molecule has 0 aliphatic heterocycles. The maximum absolute atomic E-state index is 12.1. The summed E-state index contributed by atoms with van der Waals surface area (Å²) in [4.78, 5) is 23.1. The Morgan fingerprint density at radius 2 is 1.90 bits per heavy atom. The van der Waals surface area contributed by atoms with E-state index in [4.69, 9.17) is 16.7 Å². The maximum atomic E-state index is 12.1. The maximum Gasteiger partial charge on any atom is 0.339 e. The van der Waals surface area contributed by atoms with E-state index in [9.17, 15) is 14.7 Å². The van der Waals surface area contributed by atoms with E-state index < -0.39 is 17.6 Å². The summed E-state index contributed by atoms with van der Waals surface area (Å²) in [7, 11) is 0. The number of para-hydroxylation sites is 1. The number of aryl methyl sites for hydroxylation is 1. The van der Waals surface area contributed by atoms with Crippen LogP contribution in [0, 0.1) is 6.92 Å². The number of carboxylic acid groups (broad SMARTS) is 1. The minimum Gasteiger partial charge on any atom is -0.505 e. The van der Waals surface area contributed by atoms with Gasteiger partial charge in [-0.1, -0.05) is 17.7 Å². The molecule has 5 nitrogen and oxygen atoms in total. The number of rotatable bonds is 3. The fourth-order valence-corrected chi connectivity index (χ4v) is 2.17. The molecule has 0 saturated carbocycles. The van der Waals surface area contributed by atoms with Gasteiger partial charge in [0.05, 0.1) is 5.69 Å². The van der Waals surface area contributed by atoms with Crippen molar-refractivity contribution in [1.29, 1.82) is 0 Å². The topological polar surface area (TPSA) is 86.6 Å². The van der Waals surface area contributed by atoms with E-state index in [0.717, 1.165) is 5.56 Å². The molecule has 21 heavy (non-hydrogen) atoms. The molecule has 0 heterocycles. The van der Waals surface area contributed by atoms with E-state index in [0.29, 0.717) is 10.6 Å². The van der Waals surface area contributed by atoms with Crippen molar-refractivity contribution in [1.82, 2.24) is 0 Å². The van der Waals surface area contributed by atoms with Gasteiger partial charge in [-0.25, -0.2) is 4.79 Å². The molecule has 0 saturated heterocycles. The van der Waals surface area contributed by atoms with Gasteiger partial charge in [0.25, 0.3) is 5.91 Å². The summed E-state index contributed by atoms with van der Waals surface area (Å²) >= 11 is 5.89. The molecule has 0 spiro atoms. The molecule has 0 atom stereocenters. The Balaban J connectivity index is 2.32. The van der Waals surface area contributed by atoms with Crippen molar-refractivity contribution >= 4 is 29.2 Å². The van der Waals surface area contributed by atoms with Gasteiger partial charge >= 0.3 is 5.97 Å². The van der Waals surface area contributed by atoms with Crippen molar-refractivity contribution in [3.05, 3.63) is 58.1 Å². The number of benzene rings is 2. The van der Waals surface area contributed by atoms with Crippen LogP contribution in [0.25, 0.3) is 0 Å². The van der Waals surface area contributed by atoms with Gasteiger partial charge in [0.1, 0.15) is 5.56 Å². The number of carbonyl (C=O) groups excluding carboxylic acids is 1. The molecule has 2 aromatic carbocycles. The van der Waals surface area contributed by atoms with Crippen LogP contribution in [0.5, 0.6) is 5.75 Å². The number of hydrogen-bond donors (Lipinski definition) is 3. The number of carbonyl (C=O) groups is 2. The number of aromatic carboxylic acids is 1. The lowest BCUT2D eigenvalue weighted by molar-refractivity contribution is 0.0693. The largest absolute Gasteiger partial charge is 0.505 e. The van der Waals surface area contributed by atoms with Gasteiger partial charge in [-0.05, 0) is 42.8 Å². The van der Waals surface area contributed by atoms with E-state index in [-0.39, 0.29) is 11.3 Å². The third-order valence-corrected chi connectivity index (χ3v) is 3.04. The second-order valence-corrected chi connectivity index (χ2v) is 4.91. The monoisotopic (exact) mass is 305 g/mol. The summed E-state index contributed by atoms with van der Waals surface area (Å²) in [6.07, 6.45) is 0.